The number of carbonyl (C=O) groups is 2. The lowest BCUT2D eigenvalue weighted by atomic mass is 9.91. The Bertz CT molecular complexity index is 357. The molecule has 0 aliphatic carbocycles. The number of fused-ring (bicyclic) bond motifs is 1. The lowest BCUT2D eigenvalue weighted by molar-refractivity contribution is -0.164. The number of carboxylic acids is 1. The summed E-state index contributed by atoms with van der Waals surface area (Å²) < 4.78 is 0.295. The maximum Gasteiger partial charge on any atom is 0.332 e. The van der Waals surface area contributed by atoms with Crippen molar-refractivity contribution in [3.05, 3.63) is 0 Å². The molecule has 2 heterocycles. The van der Waals surface area contributed by atoms with Gasteiger partial charge in [0, 0.05) is 0 Å². The third kappa shape index (κ3) is 1.37. The number of carboxylic acid groups (broad SMARTS) is 1. The Labute approximate surface area is 95.4 Å². The Balaban J connectivity index is 2.23. The minimum atomic E-state index is -1.10. The fraction of sp³-hybridized carbons (Fsp3) is 0.625. The molecule has 2 saturated heterocycles. The molecule has 82 valence electrons. The van der Waals surface area contributed by atoms with E-state index in [-0.39, 0.29) is 11.3 Å². The van der Waals surface area contributed by atoms with Crippen LogP contribution in [0, 0.1) is 5.92 Å². The molecule has 2 aliphatic heterocycles. The van der Waals surface area contributed by atoms with Crippen LogP contribution in [0.15, 0.2) is 0 Å². The highest BCUT2D eigenvalue weighted by Crippen LogP contribution is 2.46. The van der Waals surface area contributed by atoms with Crippen LogP contribution in [-0.4, -0.2) is 48.7 Å². The SMILES string of the molecule is CC(O)[C@H]1C(=O)N2C(C(=O)O)C(=S)S[C@H]12. The molecule has 0 spiro atoms. The van der Waals surface area contributed by atoms with Gasteiger partial charge in [-0.05, 0) is 6.92 Å². The summed E-state index contributed by atoms with van der Waals surface area (Å²) in [6.07, 6.45) is -0.762. The lowest BCUT2D eigenvalue weighted by Crippen LogP contribution is -2.64. The largest absolute Gasteiger partial charge is 0.479 e. The van der Waals surface area contributed by atoms with Gasteiger partial charge < -0.3 is 15.1 Å². The topological polar surface area (TPSA) is 77.8 Å². The van der Waals surface area contributed by atoms with Crippen molar-refractivity contribution in [3.8, 4) is 0 Å². The van der Waals surface area contributed by atoms with Crippen LogP contribution in [0.25, 0.3) is 0 Å². The summed E-state index contributed by atoms with van der Waals surface area (Å²) >= 11 is 6.10. The molecule has 2 unspecified atom stereocenters. The summed E-state index contributed by atoms with van der Waals surface area (Å²) in [4.78, 5) is 23.7. The molecule has 0 aromatic carbocycles. The predicted molar refractivity (Wildman–Crippen MR) is 57.4 cm³/mol. The Morgan fingerprint density at radius 1 is 1.67 bits per heavy atom. The van der Waals surface area contributed by atoms with Crippen LogP contribution in [0.5, 0.6) is 0 Å². The molecule has 4 atom stereocenters. The zero-order chi connectivity index (χ0) is 11.3. The van der Waals surface area contributed by atoms with Crippen molar-refractivity contribution >= 4 is 40.1 Å². The van der Waals surface area contributed by atoms with Gasteiger partial charge in [-0.1, -0.05) is 24.0 Å². The Hall–Kier alpha value is -0.660. The second-order valence-electron chi connectivity index (χ2n) is 3.58. The first-order chi connectivity index (χ1) is 6.95. The number of aliphatic carboxylic acids is 1. The van der Waals surface area contributed by atoms with Crippen molar-refractivity contribution < 1.29 is 19.8 Å². The van der Waals surface area contributed by atoms with E-state index in [9.17, 15) is 14.7 Å². The van der Waals surface area contributed by atoms with Crippen LogP contribution in [0.3, 0.4) is 0 Å². The first-order valence-electron chi connectivity index (χ1n) is 4.38. The molecule has 2 N–H and O–H groups in total. The highest BCUT2D eigenvalue weighted by molar-refractivity contribution is 8.24. The molecule has 0 radical (unpaired) electrons. The maximum absolute atomic E-state index is 11.6. The number of hydrogen-bond donors (Lipinski definition) is 2. The standard InChI is InChI=1S/C8H9NO4S2/c1-2(10)3-5(11)9-4(7(12)13)8(14)15-6(3)9/h2-4,6,10H,1H3,(H,12,13)/t2?,3-,4?,6+/m0/s1. The van der Waals surface area contributed by atoms with Gasteiger partial charge >= 0.3 is 5.97 Å². The Morgan fingerprint density at radius 2 is 2.27 bits per heavy atom. The highest BCUT2D eigenvalue weighted by Gasteiger charge is 2.60. The van der Waals surface area contributed by atoms with Crippen molar-refractivity contribution in [3.63, 3.8) is 0 Å². The van der Waals surface area contributed by atoms with Crippen molar-refractivity contribution in [1.82, 2.24) is 4.90 Å². The minimum absolute atomic E-state index is 0.295. The van der Waals surface area contributed by atoms with Crippen LogP contribution in [0.1, 0.15) is 6.92 Å². The number of carbonyl (C=O) groups excluding carboxylic acids is 1. The number of aliphatic hydroxyl groups is 1. The van der Waals surface area contributed by atoms with Gasteiger partial charge in [0.25, 0.3) is 0 Å². The van der Waals surface area contributed by atoms with Crippen molar-refractivity contribution in [1.29, 1.82) is 0 Å². The summed E-state index contributed by atoms with van der Waals surface area (Å²) in [6, 6.07) is -1.00. The number of rotatable bonds is 2. The average molecular weight is 247 g/mol. The molecule has 1 amide bonds. The minimum Gasteiger partial charge on any atom is -0.479 e. The van der Waals surface area contributed by atoms with Gasteiger partial charge in [-0.15, -0.1) is 0 Å². The molecular formula is C8H9NO4S2. The smallest absolute Gasteiger partial charge is 0.332 e. The Kier molecular flexibility index (Phi) is 2.48. The van der Waals surface area contributed by atoms with Crippen LogP contribution in [-0.2, 0) is 9.59 Å². The van der Waals surface area contributed by atoms with Crippen molar-refractivity contribution in [2.24, 2.45) is 5.92 Å². The number of amides is 1. The molecule has 0 saturated carbocycles. The van der Waals surface area contributed by atoms with E-state index in [0.717, 1.165) is 0 Å². The fourth-order valence-electron chi connectivity index (χ4n) is 1.88. The van der Waals surface area contributed by atoms with Crippen LogP contribution in [0.2, 0.25) is 0 Å². The fourth-order valence-corrected chi connectivity index (χ4v) is 3.80. The number of β-lactam (4-membered cyclic amide) rings is 1. The monoisotopic (exact) mass is 247 g/mol. The summed E-state index contributed by atoms with van der Waals surface area (Å²) in [5, 5.41) is 17.9. The number of thiocarbonyl (C=S) groups is 1. The molecular weight excluding hydrogens is 238 g/mol. The molecule has 2 rings (SSSR count). The molecule has 2 fully saturated rings. The quantitative estimate of drug-likeness (QED) is 0.514. The van der Waals surface area contributed by atoms with E-state index in [1.807, 2.05) is 0 Å². The van der Waals surface area contributed by atoms with E-state index in [1.54, 1.807) is 0 Å². The molecule has 0 aromatic rings. The van der Waals surface area contributed by atoms with Crippen molar-refractivity contribution in [2.45, 2.75) is 24.4 Å². The van der Waals surface area contributed by atoms with Crippen LogP contribution in [0.4, 0.5) is 0 Å². The average Bonchev–Trinajstić information content (AvgIpc) is 2.38. The Morgan fingerprint density at radius 3 is 2.73 bits per heavy atom. The van der Waals surface area contributed by atoms with Gasteiger partial charge in [0.1, 0.15) is 0 Å². The van der Waals surface area contributed by atoms with E-state index in [1.165, 1.54) is 23.6 Å². The van der Waals surface area contributed by atoms with Gasteiger partial charge in [0.15, 0.2) is 6.04 Å². The second-order valence-corrected chi connectivity index (χ2v) is 5.44. The molecule has 7 heteroatoms. The second kappa shape index (κ2) is 3.43. The summed E-state index contributed by atoms with van der Waals surface area (Å²) in [6.45, 7) is 1.53. The normalized spacial score (nSPS) is 36.1. The van der Waals surface area contributed by atoms with Gasteiger partial charge in [0.2, 0.25) is 5.91 Å². The zero-order valence-electron chi connectivity index (χ0n) is 7.78. The van der Waals surface area contributed by atoms with Gasteiger partial charge in [-0.3, -0.25) is 4.79 Å². The highest BCUT2D eigenvalue weighted by atomic mass is 32.2. The van der Waals surface area contributed by atoms with Gasteiger partial charge in [0.05, 0.1) is 21.6 Å². The summed E-state index contributed by atoms with van der Waals surface area (Å²) in [5.74, 6) is -1.94. The first kappa shape index (κ1) is 10.8. The lowest BCUT2D eigenvalue weighted by Gasteiger charge is -2.44. The molecule has 0 aromatic heterocycles. The predicted octanol–water partition coefficient (Wildman–Crippen LogP) is -0.321. The van der Waals surface area contributed by atoms with E-state index in [2.05, 4.69) is 0 Å². The van der Waals surface area contributed by atoms with Crippen LogP contribution < -0.4 is 0 Å². The summed E-state index contributed by atoms with van der Waals surface area (Å²) in [7, 11) is 0. The van der Waals surface area contributed by atoms with E-state index in [4.69, 9.17) is 17.3 Å². The first-order valence-corrected chi connectivity index (χ1v) is 5.67. The summed E-state index contributed by atoms with van der Waals surface area (Å²) in [5.41, 5.74) is 0. The number of thioether (sulfide) groups is 1. The third-order valence-corrected chi connectivity index (χ3v) is 4.34. The van der Waals surface area contributed by atoms with Crippen molar-refractivity contribution in [2.75, 3.05) is 0 Å². The molecule has 2 aliphatic rings. The third-order valence-electron chi connectivity index (χ3n) is 2.61. The molecule has 0 bridgehead atoms. The number of hydrogen-bond acceptors (Lipinski definition) is 5. The van der Waals surface area contributed by atoms with E-state index in [0.29, 0.717) is 4.20 Å². The van der Waals surface area contributed by atoms with E-state index < -0.39 is 24.0 Å². The zero-order valence-corrected chi connectivity index (χ0v) is 9.42. The van der Waals surface area contributed by atoms with Gasteiger partial charge in [-0.2, -0.15) is 0 Å². The van der Waals surface area contributed by atoms with E-state index >= 15 is 0 Å². The maximum atomic E-state index is 11.6. The molecule has 15 heavy (non-hydrogen) atoms. The number of nitrogens with zero attached hydrogens (tertiary/aromatic N) is 1. The van der Waals surface area contributed by atoms with Crippen LogP contribution >= 0.6 is 24.0 Å². The molecule has 5 nitrogen and oxygen atoms in total. The number of aliphatic hydroxyl groups excluding tert-OH is 1. The van der Waals surface area contributed by atoms with Gasteiger partial charge in [-0.25, -0.2) is 4.79 Å².